The molecule has 1 heterocycles. The van der Waals surface area contributed by atoms with Crippen molar-refractivity contribution in [2.75, 3.05) is 27.2 Å². The van der Waals surface area contributed by atoms with Crippen LogP contribution in [0.3, 0.4) is 0 Å². The zero-order chi connectivity index (χ0) is 13.9. The van der Waals surface area contributed by atoms with Gasteiger partial charge in [0.05, 0.1) is 7.11 Å². The van der Waals surface area contributed by atoms with Crippen LogP contribution in [-0.2, 0) is 14.3 Å². The summed E-state index contributed by atoms with van der Waals surface area (Å²) >= 11 is 0. The Balaban J connectivity index is 2.77. The lowest BCUT2D eigenvalue weighted by molar-refractivity contribution is -0.147. The maximum Gasteiger partial charge on any atom is 0.329 e. The van der Waals surface area contributed by atoms with Gasteiger partial charge in [0, 0.05) is 13.6 Å². The highest BCUT2D eigenvalue weighted by Crippen LogP contribution is 2.30. The summed E-state index contributed by atoms with van der Waals surface area (Å²) in [6, 6.07) is -0.470. The number of ether oxygens (including phenoxy) is 1. The Morgan fingerprint density at radius 3 is 2.56 bits per heavy atom. The molecule has 7 nitrogen and oxygen atoms in total. The van der Waals surface area contributed by atoms with E-state index in [0.717, 1.165) is 0 Å². The highest BCUT2D eigenvalue weighted by atomic mass is 16.5. The van der Waals surface area contributed by atoms with E-state index in [1.165, 1.54) is 30.9 Å². The Bertz CT molecular complexity index is 370. The number of carboxylic acid groups (broad SMARTS) is 1. The van der Waals surface area contributed by atoms with Crippen molar-refractivity contribution in [2.45, 2.75) is 25.3 Å². The van der Waals surface area contributed by atoms with Crippen molar-refractivity contribution >= 4 is 18.0 Å². The van der Waals surface area contributed by atoms with Gasteiger partial charge in [0.15, 0.2) is 0 Å². The number of nitrogens with zero attached hydrogens (tertiary/aromatic N) is 2. The average molecular weight is 258 g/mol. The summed E-state index contributed by atoms with van der Waals surface area (Å²) in [5.41, 5.74) is -1.19. The van der Waals surface area contributed by atoms with Crippen molar-refractivity contribution in [1.29, 1.82) is 0 Å². The predicted molar refractivity (Wildman–Crippen MR) is 62.0 cm³/mol. The third kappa shape index (κ3) is 2.55. The normalized spacial score (nSPS) is 22.7. The summed E-state index contributed by atoms with van der Waals surface area (Å²) in [5.74, 6) is -1.57. The van der Waals surface area contributed by atoms with Crippen LogP contribution in [0.5, 0.6) is 0 Å². The number of amides is 2. The molecule has 0 radical (unpaired) electrons. The van der Waals surface area contributed by atoms with E-state index in [0.29, 0.717) is 19.4 Å². The molecule has 0 aromatic carbocycles. The molecule has 7 heteroatoms. The van der Waals surface area contributed by atoms with Crippen LogP contribution in [0.25, 0.3) is 0 Å². The number of likely N-dealkylation sites (tertiary alicyclic amines) is 1. The van der Waals surface area contributed by atoms with Gasteiger partial charge in [-0.1, -0.05) is 0 Å². The van der Waals surface area contributed by atoms with Crippen LogP contribution >= 0.6 is 0 Å². The summed E-state index contributed by atoms with van der Waals surface area (Å²) in [4.78, 5) is 36.9. The molecule has 1 aliphatic heterocycles. The highest BCUT2D eigenvalue weighted by molar-refractivity contribution is 5.88. The first-order valence-corrected chi connectivity index (χ1v) is 5.66. The van der Waals surface area contributed by atoms with E-state index >= 15 is 0 Å². The van der Waals surface area contributed by atoms with Crippen LogP contribution in [0.4, 0.5) is 4.79 Å². The maximum atomic E-state index is 12.1. The zero-order valence-electron chi connectivity index (χ0n) is 10.8. The van der Waals surface area contributed by atoms with Crippen molar-refractivity contribution < 1.29 is 24.2 Å². The second-order valence-electron chi connectivity index (χ2n) is 4.55. The summed E-state index contributed by atoms with van der Waals surface area (Å²) in [6.45, 7) is 1.71. The SMILES string of the molecule is COC(=O)CN(C)C(=O)N1CCCC1(C)C(=O)O. The first-order chi connectivity index (χ1) is 8.32. The van der Waals surface area contributed by atoms with Gasteiger partial charge < -0.3 is 19.6 Å². The fourth-order valence-electron chi connectivity index (χ4n) is 2.02. The Hall–Kier alpha value is -1.79. The van der Waals surface area contributed by atoms with Gasteiger partial charge in [0.2, 0.25) is 0 Å². The van der Waals surface area contributed by atoms with Crippen LogP contribution in [0.2, 0.25) is 0 Å². The number of aliphatic carboxylic acids is 1. The minimum absolute atomic E-state index is 0.193. The molecule has 1 unspecified atom stereocenters. The van der Waals surface area contributed by atoms with E-state index < -0.39 is 23.5 Å². The van der Waals surface area contributed by atoms with Crippen molar-refractivity contribution in [3.05, 3.63) is 0 Å². The van der Waals surface area contributed by atoms with Crippen molar-refractivity contribution in [3.63, 3.8) is 0 Å². The lowest BCUT2D eigenvalue weighted by atomic mass is 10.00. The minimum atomic E-state index is -1.19. The molecule has 0 saturated carbocycles. The van der Waals surface area contributed by atoms with E-state index in [-0.39, 0.29) is 6.54 Å². The molecule has 0 aromatic rings. The van der Waals surface area contributed by atoms with Crippen molar-refractivity contribution in [1.82, 2.24) is 9.80 Å². The maximum absolute atomic E-state index is 12.1. The van der Waals surface area contributed by atoms with E-state index in [2.05, 4.69) is 4.74 Å². The number of urea groups is 1. The van der Waals surface area contributed by atoms with Gasteiger partial charge in [-0.3, -0.25) is 4.79 Å². The fourth-order valence-corrected chi connectivity index (χ4v) is 2.02. The Labute approximate surface area is 105 Å². The van der Waals surface area contributed by atoms with Gasteiger partial charge >= 0.3 is 18.0 Å². The summed E-state index contributed by atoms with van der Waals surface area (Å²) in [6.07, 6.45) is 1.06. The summed E-state index contributed by atoms with van der Waals surface area (Å²) < 4.78 is 4.47. The number of likely N-dealkylation sites (N-methyl/N-ethyl adjacent to an activating group) is 1. The van der Waals surface area contributed by atoms with Crippen LogP contribution in [0.15, 0.2) is 0 Å². The molecular weight excluding hydrogens is 240 g/mol. The van der Waals surface area contributed by atoms with E-state index in [1.807, 2.05) is 0 Å². The van der Waals surface area contributed by atoms with Crippen LogP contribution in [0, 0.1) is 0 Å². The standard InChI is InChI=1S/C11H18N2O5/c1-11(9(15)16)5-4-6-13(11)10(17)12(2)7-8(14)18-3/h4-7H2,1-3H3,(H,15,16). The third-order valence-corrected chi connectivity index (χ3v) is 3.25. The van der Waals surface area contributed by atoms with E-state index in [1.54, 1.807) is 0 Å². The molecule has 0 aliphatic carbocycles. The predicted octanol–water partition coefficient (Wildman–Crippen LogP) is 0.150. The molecule has 18 heavy (non-hydrogen) atoms. The Morgan fingerprint density at radius 2 is 2.06 bits per heavy atom. The molecule has 1 fully saturated rings. The number of hydrogen-bond donors (Lipinski definition) is 1. The minimum Gasteiger partial charge on any atom is -0.480 e. The Morgan fingerprint density at radius 1 is 1.44 bits per heavy atom. The van der Waals surface area contributed by atoms with Gasteiger partial charge in [-0.15, -0.1) is 0 Å². The monoisotopic (exact) mass is 258 g/mol. The number of esters is 1. The number of carbonyl (C=O) groups is 3. The second-order valence-corrected chi connectivity index (χ2v) is 4.55. The second kappa shape index (κ2) is 5.24. The van der Waals surface area contributed by atoms with Gasteiger partial charge in [0.1, 0.15) is 12.1 Å². The largest absolute Gasteiger partial charge is 0.480 e. The number of carbonyl (C=O) groups excluding carboxylic acids is 2. The molecule has 0 spiro atoms. The molecule has 2 amide bonds. The third-order valence-electron chi connectivity index (χ3n) is 3.25. The van der Waals surface area contributed by atoms with Gasteiger partial charge in [0.25, 0.3) is 0 Å². The molecule has 1 atom stereocenters. The summed E-state index contributed by atoms with van der Waals surface area (Å²) in [5, 5.41) is 9.20. The van der Waals surface area contributed by atoms with Crippen molar-refractivity contribution in [2.24, 2.45) is 0 Å². The van der Waals surface area contributed by atoms with Crippen molar-refractivity contribution in [3.8, 4) is 0 Å². The van der Waals surface area contributed by atoms with Gasteiger partial charge in [-0.05, 0) is 19.8 Å². The van der Waals surface area contributed by atoms with E-state index in [4.69, 9.17) is 0 Å². The topological polar surface area (TPSA) is 87.2 Å². The molecule has 0 aromatic heterocycles. The van der Waals surface area contributed by atoms with Crippen LogP contribution in [0.1, 0.15) is 19.8 Å². The first-order valence-electron chi connectivity index (χ1n) is 5.66. The van der Waals surface area contributed by atoms with Crippen LogP contribution < -0.4 is 0 Å². The van der Waals surface area contributed by atoms with E-state index in [9.17, 15) is 19.5 Å². The van der Waals surface area contributed by atoms with Crippen LogP contribution in [-0.4, -0.2) is 65.7 Å². The molecule has 1 aliphatic rings. The molecular formula is C11H18N2O5. The zero-order valence-corrected chi connectivity index (χ0v) is 10.8. The lowest BCUT2D eigenvalue weighted by Gasteiger charge is -2.33. The van der Waals surface area contributed by atoms with Gasteiger partial charge in [-0.25, -0.2) is 9.59 Å². The quantitative estimate of drug-likeness (QED) is 0.728. The Kier molecular flexibility index (Phi) is 4.15. The molecule has 1 rings (SSSR count). The highest BCUT2D eigenvalue weighted by Gasteiger charge is 2.46. The smallest absolute Gasteiger partial charge is 0.329 e. The molecule has 1 saturated heterocycles. The fraction of sp³-hybridized carbons (Fsp3) is 0.727. The first kappa shape index (κ1) is 14.3. The number of methoxy groups -OCH3 is 1. The number of rotatable bonds is 3. The average Bonchev–Trinajstić information content (AvgIpc) is 2.71. The van der Waals surface area contributed by atoms with Gasteiger partial charge in [-0.2, -0.15) is 0 Å². The molecule has 0 bridgehead atoms. The summed E-state index contributed by atoms with van der Waals surface area (Å²) in [7, 11) is 2.68. The molecule has 102 valence electrons. The molecule has 1 N–H and O–H groups in total. The lowest BCUT2D eigenvalue weighted by Crippen LogP contribution is -2.55. The number of carboxylic acids is 1. The number of hydrogen-bond acceptors (Lipinski definition) is 4.